The van der Waals surface area contributed by atoms with Crippen molar-refractivity contribution in [1.29, 1.82) is 0 Å². The minimum atomic E-state index is -0.172. The molecule has 2 aliphatic rings. The van der Waals surface area contributed by atoms with E-state index in [9.17, 15) is 9.59 Å². The summed E-state index contributed by atoms with van der Waals surface area (Å²) in [6.45, 7) is 0. The Morgan fingerprint density at radius 2 is 1.93 bits per heavy atom. The molecule has 0 saturated heterocycles. The minimum absolute atomic E-state index is 0.0453. The number of allylic oxidation sites excluding steroid dienone is 2. The van der Waals surface area contributed by atoms with Crippen molar-refractivity contribution in [2.24, 2.45) is 4.99 Å². The van der Waals surface area contributed by atoms with Crippen molar-refractivity contribution in [1.82, 2.24) is 0 Å². The molecule has 3 nitrogen and oxygen atoms in total. The van der Waals surface area contributed by atoms with E-state index in [2.05, 4.69) is 4.99 Å². The normalized spacial score (nSPS) is 18.1. The highest BCUT2D eigenvalue weighted by molar-refractivity contribution is 6.63. The molecule has 0 amide bonds. The first kappa shape index (κ1) is 8.29. The monoisotopic (exact) mass is 197 g/mol. The molecular formula is C12H7NO2. The summed E-state index contributed by atoms with van der Waals surface area (Å²) >= 11 is 0. The second kappa shape index (κ2) is 2.73. The summed E-state index contributed by atoms with van der Waals surface area (Å²) in [5.74, 6) is -0.306. The van der Waals surface area contributed by atoms with Crippen LogP contribution < -0.4 is 0 Å². The van der Waals surface area contributed by atoms with Gasteiger partial charge >= 0.3 is 0 Å². The molecule has 0 aromatic heterocycles. The van der Waals surface area contributed by atoms with Crippen molar-refractivity contribution in [2.75, 3.05) is 0 Å². The maximum absolute atomic E-state index is 11.6. The van der Waals surface area contributed by atoms with Gasteiger partial charge in [0, 0.05) is 11.1 Å². The van der Waals surface area contributed by atoms with Crippen LogP contribution in [0.5, 0.6) is 0 Å². The molecule has 1 aliphatic carbocycles. The second-order valence-corrected chi connectivity index (χ2v) is 3.60. The lowest BCUT2D eigenvalue weighted by Gasteiger charge is -2.07. The van der Waals surface area contributed by atoms with E-state index in [1.807, 2.05) is 24.3 Å². The van der Waals surface area contributed by atoms with Gasteiger partial charge in [0.15, 0.2) is 11.6 Å². The van der Waals surface area contributed by atoms with E-state index in [0.717, 1.165) is 11.3 Å². The van der Waals surface area contributed by atoms with Gasteiger partial charge in [-0.2, -0.15) is 0 Å². The summed E-state index contributed by atoms with van der Waals surface area (Å²) in [6.07, 6.45) is 1.47. The lowest BCUT2D eigenvalue weighted by atomic mass is 9.92. The molecule has 1 aromatic rings. The van der Waals surface area contributed by atoms with E-state index in [1.54, 1.807) is 0 Å². The lowest BCUT2D eigenvalue weighted by molar-refractivity contribution is -0.121. The Bertz CT molecular complexity index is 552. The zero-order chi connectivity index (χ0) is 10.4. The van der Waals surface area contributed by atoms with Crippen LogP contribution in [0.4, 0.5) is 5.69 Å². The molecule has 0 unspecified atom stereocenters. The maximum atomic E-state index is 11.6. The Morgan fingerprint density at radius 3 is 2.80 bits per heavy atom. The van der Waals surface area contributed by atoms with Crippen molar-refractivity contribution < 1.29 is 9.59 Å². The van der Waals surface area contributed by atoms with Crippen LogP contribution in [0.15, 0.2) is 35.3 Å². The fourth-order valence-electron chi connectivity index (χ4n) is 1.92. The van der Waals surface area contributed by atoms with E-state index in [-0.39, 0.29) is 18.0 Å². The quantitative estimate of drug-likeness (QED) is 0.594. The molecule has 15 heavy (non-hydrogen) atoms. The summed E-state index contributed by atoms with van der Waals surface area (Å²) in [5.41, 5.74) is 2.79. The number of carbonyl (C=O) groups is 2. The average molecular weight is 197 g/mol. The zero-order valence-corrected chi connectivity index (χ0v) is 7.86. The van der Waals surface area contributed by atoms with Gasteiger partial charge in [0.1, 0.15) is 5.71 Å². The predicted octanol–water partition coefficient (Wildman–Crippen LogP) is 1.70. The number of para-hydroxylation sites is 1. The van der Waals surface area contributed by atoms with Crippen molar-refractivity contribution in [3.63, 3.8) is 0 Å². The van der Waals surface area contributed by atoms with Gasteiger partial charge in [-0.15, -0.1) is 0 Å². The number of carbonyl (C=O) groups excluding carboxylic acids is 2. The van der Waals surface area contributed by atoms with Crippen LogP contribution in [0.1, 0.15) is 12.0 Å². The van der Waals surface area contributed by atoms with E-state index in [0.29, 0.717) is 11.3 Å². The molecule has 1 aromatic carbocycles. The van der Waals surface area contributed by atoms with Crippen LogP contribution >= 0.6 is 0 Å². The Morgan fingerprint density at radius 1 is 1.13 bits per heavy atom. The highest BCUT2D eigenvalue weighted by Crippen LogP contribution is 2.36. The predicted molar refractivity (Wildman–Crippen MR) is 56.1 cm³/mol. The Balaban J connectivity index is 2.28. The first-order chi connectivity index (χ1) is 7.25. The SMILES string of the molecule is O=C1C=C2C(=Nc3ccccc32)C(=O)C1. The summed E-state index contributed by atoms with van der Waals surface area (Å²) in [4.78, 5) is 27.1. The van der Waals surface area contributed by atoms with Crippen LogP contribution in [0.25, 0.3) is 5.57 Å². The molecule has 0 fully saturated rings. The molecule has 3 rings (SSSR count). The topological polar surface area (TPSA) is 46.5 Å². The van der Waals surface area contributed by atoms with Crippen molar-refractivity contribution >= 4 is 28.5 Å². The number of Topliss-reactive ketones (excluding diaryl/α,β-unsaturated/α-hetero) is 1. The second-order valence-electron chi connectivity index (χ2n) is 3.60. The summed E-state index contributed by atoms with van der Waals surface area (Å²) in [7, 11) is 0. The van der Waals surface area contributed by atoms with Gasteiger partial charge in [-0.05, 0) is 12.1 Å². The molecule has 0 spiro atoms. The molecule has 1 heterocycles. The first-order valence-electron chi connectivity index (χ1n) is 4.72. The molecule has 1 aliphatic heterocycles. The highest BCUT2D eigenvalue weighted by Gasteiger charge is 2.30. The third kappa shape index (κ3) is 1.09. The van der Waals surface area contributed by atoms with Gasteiger partial charge in [0.25, 0.3) is 0 Å². The van der Waals surface area contributed by atoms with Crippen LogP contribution in [-0.2, 0) is 9.59 Å². The molecule has 72 valence electrons. The van der Waals surface area contributed by atoms with Gasteiger partial charge in [-0.1, -0.05) is 18.2 Å². The van der Waals surface area contributed by atoms with Gasteiger partial charge in [0.2, 0.25) is 0 Å². The zero-order valence-electron chi connectivity index (χ0n) is 7.86. The van der Waals surface area contributed by atoms with Crippen LogP contribution in [0, 0.1) is 0 Å². The molecule has 0 atom stereocenters. The highest BCUT2D eigenvalue weighted by atomic mass is 16.1. The van der Waals surface area contributed by atoms with Crippen molar-refractivity contribution in [3.8, 4) is 0 Å². The first-order valence-corrected chi connectivity index (χ1v) is 4.72. The van der Waals surface area contributed by atoms with E-state index < -0.39 is 0 Å². The molecule has 3 heteroatoms. The number of rotatable bonds is 0. The molecule has 0 saturated carbocycles. The Hall–Kier alpha value is -2.03. The number of ketones is 2. The average Bonchev–Trinajstić information content (AvgIpc) is 2.57. The summed E-state index contributed by atoms with van der Waals surface area (Å²) < 4.78 is 0. The Kier molecular flexibility index (Phi) is 1.51. The van der Waals surface area contributed by atoms with Gasteiger partial charge in [-0.3, -0.25) is 9.59 Å². The number of benzene rings is 1. The number of hydrogen-bond acceptors (Lipinski definition) is 3. The number of nitrogens with zero attached hydrogens (tertiary/aromatic N) is 1. The van der Waals surface area contributed by atoms with Gasteiger partial charge in [0.05, 0.1) is 12.1 Å². The standard InChI is InChI=1S/C12H7NO2/c14-7-5-9-8-3-1-2-4-10(8)13-12(9)11(15)6-7/h1-5H,6H2. The third-order valence-electron chi connectivity index (χ3n) is 2.59. The molecular weight excluding hydrogens is 190 g/mol. The molecule has 0 radical (unpaired) electrons. The smallest absolute Gasteiger partial charge is 0.189 e. The van der Waals surface area contributed by atoms with Crippen molar-refractivity contribution in [2.45, 2.75) is 6.42 Å². The summed E-state index contributed by atoms with van der Waals surface area (Å²) in [5, 5.41) is 0. The maximum Gasteiger partial charge on any atom is 0.189 e. The fourth-order valence-corrected chi connectivity index (χ4v) is 1.92. The molecule has 0 N–H and O–H groups in total. The van der Waals surface area contributed by atoms with Crippen molar-refractivity contribution in [3.05, 3.63) is 35.9 Å². The minimum Gasteiger partial charge on any atom is -0.294 e. The van der Waals surface area contributed by atoms with Crippen LogP contribution in [0.2, 0.25) is 0 Å². The largest absolute Gasteiger partial charge is 0.294 e. The van der Waals surface area contributed by atoms with E-state index in [1.165, 1.54) is 6.08 Å². The van der Waals surface area contributed by atoms with Crippen LogP contribution in [0.3, 0.4) is 0 Å². The number of hydrogen-bond donors (Lipinski definition) is 0. The third-order valence-corrected chi connectivity index (χ3v) is 2.59. The van der Waals surface area contributed by atoms with E-state index >= 15 is 0 Å². The summed E-state index contributed by atoms with van der Waals surface area (Å²) in [6, 6.07) is 7.47. The Labute approximate surface area is 86.1 Å². The molecule has 0 bridgehead atoms. The lowest BCUT2D eigenvalue weighted by Crippen LogP contribution is -2.22. The number of fused-ring (bicyclic) bond motifs is 3. The van der Waals surface area contributed by atoms with Crippen LogP contribution in [-0.4, -0.2) is 17.3 Å². The van der Waals surface area contributed by atoms with Gasteiger partial charge in [-0.25, -0.2) is 4.99 Å². The fraction of sp³-hybridized carbons (Fsp3) is 0.0833. The van der Waals surface area contributed by atoms with E-state index in [4.69, 9.17) is 0 Å². The van der Waals surface area contributed by atoms with Gasteiger partial charge < -0.3 is 0 Å². The number of aliphatic imine (C=N–C) groups is 1.